The van der Waals surface area contributed by atoms with Crippen molar-refractivity contribution in [3.63, 3.8) is 0 Å². The number of carbonyl (C=O) groups excluding carboxylic acids is 1. The monoisotopic (exact) mass is 286 g/mol. The summed E-state index contributed by atoms with van der Waals surface area (Å²) in [7, 11) is 0. The van der Waals surface area contributed by atoms with Crippen molar-refractivity contribution >= 4 is 5.78 Å². The van der Waals surface area contributed by atoms with E-state index in [4.69, 9.17) is 4.42 Å². The summed E-state index contributed by atoms with van der Waals surface area (Å²) >= 11 is 0. The maximum Gasteiger partial charge on any atom is 0.419 e. The summed E-state index contributed by atoms with van der Waals surface area (Å²) in [5, 5.41) is 0. The molecule has 0 saturated heterocycles. The zero-order chi connectivity index (χ0) is 14.9. The van der Waals surface area contributed by atoms with E-state index < -0.39 is 23.3 Å². The highest BCUT2D eigenvalue weighted by molar-refractivity contribution is 6.07. The zero-order valence-corrected chi connectivity index (χ0v) is 10.4. The van der Waals surface area contributed by atoms with Gasteiger partial charge in [-0.3, -0.25) is 4.79 Å². The van der Waals surface area contributed by atoms with Gasteiger partial charge in [0.1, 0.15) is 11.6 Å². The van der Waals surface area contributed by atoms with Gasteiger partial charge in [-0.2, -0.15) is 13.2 Å². The van der Waals surface area contributed by atoms with Crippen LogP contribution in [0.2, 0.25) is 0 Å². The van der Waals surface area contributed by atoms with E-state index in [-0.39, 0.29) is 11.3 Å². The van der Waals surface area contributed by atoms with Gasteiger partial charge in [0.15, 0.2) is 5.76 Å². The second kappa shape index (κ2) is 5.11. The number of furan rings is 1. The fourth-order valence-corrected chi connectivity index (χ4v) is 1.72. The molecule has 0 radical (unpaired) electrons. The molecular weight excluding hydrogens is 276 g/mol. The van der Waals surface area contributed by atoms with Crippen molar-refractivity contribution in [3.05, 3.63) is 58.8 Å². The molecule has 20 heavy (non-hydrogen) atoms. The van der Waals surface area contributed by atoms with Crippen LogP contribution in [0.25, 0.3) is 0 Å². The molecule has 0 atom stereocenters. The van der Waals surface area contributed by atoms with Gasteiger partial charge in [-0.25, -0.2) is 4.39 Å². The van der Waals surface area contributed by atoms with E-state index in [1.807, 2.05) is 6.92 Å². The fraction of sp³-hybridized carbons (Fsp3) is 0.214. The summed E-state index contributed by atoms with van der Waals surface area (Å²) in [4.78, 5) is 12.0. The van der Waals surface area contributed by atoms with Crippen LogP contribution < -0.4 is 0 Å². The molecule has 1 aromatic carbocycles. The lowest BCUT2D eigenvalue weighted by Crippen LogP contribution is -2.10. The van der Waals surface area contributed by atoms with Crippen molar-refractivity contribution < 1.29 is 26.8 Å². The van der Waals surface area contributed by atoms with Gasteiger partial charge >= 0.3 is 6.18 Å². The highest BCUT2D eigenvalue weighted by atomic mass is 19.4. The molecule has 0 aliphatic carbocycles. The number of aryl methyl sites for hydroxylation is 1. The lowest BCUT2D eigenvalue weighted by Gasteiger charge is -2.09. The highest BCUT2D eigenvalue weighted by Crippen LogP contribution is 2.32. The van der Waals surface area contributed by atoms with Crippen molar-refractivity contribution in [1.82, 2.24) is 0 Å². The Labute approximate surface area is 112 Å². The van der Waals surface area contributed by atoms with Gasteiger partial charge in [0, 0.05) is 12.0 Å². The molecule has 2 aromatic rings. The topological polar surface area (TPSA) is 30.2 Å². The predicted molar refractivity (Wildman–Crippen MR) is 62.9 cm³/mol. The zero-order valence-electron chi connectivity index (χ0n) is 10.4. The van der Waals surface area contributed by atoms with Crippen LogP contribution in [0, 0.1) is 5.82 Å². The number of alkyl halides is 3. The van der Waals surface area contributed by atoms with Crippen LogP contribution in [0.1, 0.15) is 34.4 Å². The molecule has 0 amide bonds. The molecule has 2 nitrogen and oxygen atoms in total. The third-order valence-corrected chi connectivity index (χ3v) is 2.77. The fourth-order valence-electron chi connectivity index (χ4n) is 1.72. The molecule has 0 unspecified atom stereocenters. The van der Waals surface area contributed by atoms with Crippen LogP contribution in [-0.2, 0) is 12.6 Å². The van der Waals surface area contributed by atoms with Crippen molar-refractivity contribution in [2.45, 2.75) is 19.5 Å². The van der Waals surface area contributed by atoms with Crippen LogP contribution in [0.5, 0.6) is 0 Å². The van der Waals surface area contributed by atoms with Crippen LogP contribution in [0.15, 0.2) is 34.7 Å². The minimum absolute atomic E-state index is 0.0680. The van der Waals surface area contributed by atoms with Gasteiger partial charge in [0.2, 0.25) is 5.78 Å². The first-order chi connectivity index (χ1) is 9.32. The lowest BCUT2D eigenvalue weighted by atomic mass is 10.0. The number of carbonyl (C=O) groups is 1. The largest absolute Gasteiger partial charge is 0.458 e. The Hall–Kier alpha value is -2.11. The second-order valence-electron chi connectivity index (χ2n) is 4.14. The smallest absolute Gasteiger partial charge is 0.419 e. The van der Waals surface area contributed by atoms with E-state index >= 15 is 0 Å². The van der Waals surface area contributed by atoms with Gasteiger partial charge < -0.3 is 4.42 Å². The highest BCUT2D eigenvalue weighted by Gasteiger charge is 2.34. The summed E-state index contributed by atoms with van der Waals surface area (Å²) in [6.07, 6.45) is -4.29. The number of rotatable bonds is 3. The Morgan fingerprint density at radius 1 is 1.20 bits per heavy atom. The minimum atomic E-state index is -4.85. The molecule has 1 aromatic heterocycles. The molecule has 1 heterocycles. The Morgan fingerprint density at radius 3 is 2.45 bits per heavy atom. The average Bonchev–Trinajstić information content (AvgIpc) is 2.86. The first-order valence-corrected chi connectivity index (χ1v) is 5.83. The van der Waals surface area contributed by atoms with E-state index in [9.17, 15) is 22.4 Å². The number of benzene rings is 1. The standard InChI is InChI=1S/C14H10F4O2/c1-2-9-4-6-12(20-9)13(19)8-3-5-11(15)10(7-8)14(16,17)18/h3-7H,2H2,1H3. The molecule has 0 aliphatic rings. The summed E-state index contributed by atoms with van der Waals surface area (Å²) in [5.41, 5.74) is -1.73. The molecule has 106 valence electrons. The van der Waals surface area contributed by atoms with Crippen molar-refractivity contribution in [1.29, 1.82) is 0 Å². The van der Waals surface area contributed by atoms with E-state index in [0.717, 1.165) is 6.07 Å². The van der Waals surface area contributed by atoms with E-state index in [1.165, 1.54) is 6.07 Å². The first kappa shape index (κ1) is 14.3. The number of ketones is 1. The summed E-state index contributed by atoms with van der Waals surface area (Å²) < 4.78 is 56.1. The molecule has 0 bridgehead atoms. The molecule has 0 aliphatic heterocycles. The van der Waals surface area contributed by atoms with Gasteiger partial charge in [-0.1, -0.05) is 6.92 Å². The Kier molecular flexibility index (Phi) is 3.65. The van der Waals surface area contributed by atoms with Gasteiger partial charge in [-0.05, 0) is 30.3 Å². The number of hydrogen-bond donors (Lipinski definition) is 0. The molecule has 2 rings (SSSR count). The number of halogens is 4. The van der Waals surface area contributed by atoms with Crippen molar-refractivity contribution in [3.8, 4) is 0 Å². The Balaban J connectivity index is 2.40. The number of hydrogen-bond acceptors (Lipinski definition) is 2. The summed E-state index contributed by atoms with van der Waals surface area (Å²) in [6, 6.07) is 5.08. The first-order valence-electron chi connectivity index (χ1n) is 5.83. The molecular formula is C14H10F4O2. The molecule has 6 heteroatoms. The summed E-state index contributed by atoms with van der Waals surface area (Å²) in [6.45, 7) is 1.81. The quantitative estimate of drug-likeness (QED) is 0.624. The molecule has 0 saturated carbocycles. The Bertz CT molecular complexity index is 641. The van der Waals surface area contributed by atoms with Gasteiger partial charge in [-0.15, -0.1) is 0 Å². The molecule has 0 fully saturated rings. The van der Waals surface area contributed by atoms with Crippen LogP contribution in [-0.4, -0.2) is 5.78 Å². The third-order valence-electron chi connectivity index (χ3n) is 2.77. The van der Waals surface area contributed by atoms with Crippen LogP contribution >= 0.6 is 0 Å². The second-order valence-corrected chi connectivity index (χ2v) is 4.14. The minimum Gasteiger partial charge on any atom is -0.458 e. The maximum absolute atomic E-state index is 13.1. The van der Waals surface area contributed by atoms with Crippen LogP contribution in [0.3, 0.4) is 0 Å². The van der Waals surface area contributed by atoms with Crippen molar-refractivity contribution in [2.24, 2.45) is 0 Å². The van der Waals surface area contributed by atoms with Crippen LogP contribution in [0.4, 0.5) is 17.6 Å². The third kappa shape index (κ3) is 2.74. The van der Waals surface area contributed by atoms with E-state index in [0.29, 0.717) is 24.3 Å². The molecule has 0 spiro atoms. The maximum atomic E-state index is 13.1. The lowest BCUT2D eigenvalue weighted by molar-refractivity contribution is -0.140. The van der Waals surface area contributed by atoms with E-state index in [1.54, 1.807) is 6.07 Å². The SMILES string of the molecule is CCc1ccc(C(=O)c2ccc(F)c(C(F)(F)F)c2)o1. The predicted octanol–water partition coefficient (Wildman–Crippen LogP) is 4.23. The van der Waals surface area contributed by atoms with E-state index in [2.05, 4.69) is 0 Å². The Morgan fingerprint density at radius 2 is 1.90 bits per heavy atom. The van der Waals surface area contributed by atoms with Gasteiger partial charge in [0.25, 0.3) is 0 Å². The normalized spacial score (nSPS) is 11.7. The van der Waals surface area contributed by atoms with Crippen molar-refractivity contribution in [2.75, 3.05) is 0 Å². The van der Waals surface area contributed by atoms with Gasteiger partial charge in [0.05, 0.1) is 5.56 Å². The average molecular weight is 286 g/mol. The molecule has 0 N–H and O–H groups in total. The summed E-state index contributed by atoms with van der Waals surface area (Å²) in [5.74, 6) is -1.65.